The average Bonchev–Trinajstić information content (AvgIpc) is 2.52. The molecule has 1 unspecified atom stereocenters. The predicted molar refractivity (Wildman–Crippen MR) is 88.3 cm³/mol. The van der Waals surface area contributed by atoms with Gasteiger partial charge in [-0.3, -0.25) is 0 Å². The van der Waals surface area contributed by atoms with Crippen LogP contribution in [0.5, 0.6) is 0 Å². The van der Waals surface area contributed by atoms with E-state index in [9.17, 15) is 0 Å². The third-order valence-corrected chi connectivity index (χ3v) is 4.30. The third-order valence-electron chi connectivity index (χ3n) is 4.30. The fourth-order valence-corrected chi connectivity index (χ4v) is 2.88. The number of nitrogens with one attached hydrogen (secondary N) is 1. The Balaban J connectivity index is 1.79. The van der Waals surface area contributed by atoms with Crippen LogP contribution in [0, 0.1) is 0 Å². The number of anilines is 1. The summed E-state index contributed by atoms with van der Waals surface area (Å²) in [6.07, 6.45) is 7.98. The van der Waals surface area contributed by atoms with E-state index in [0.29, 0.717) is 6.04 Å². The SMILES string of the molecule is CCCCC(C)NCc1ccc(N2CCCCC2)cc1. The zero-order chi connectivity index (χ0) is 14.2. The zero-order valence-corrected chi connectivity index (χ0v) is 13.2. The zero-order valence-electron chi connectivity index (χ0n) is 13.2. The van der Waals surface area contributed by atoms with Gasteiger partial charge in [0, 0.05) is 31.4 Å². The molecule has 1 aromatic rings. The minimum Gasteiger partial charge on any atom is -0.372 e. The summed E-state index contributed by atoms with van der Waals surface area (Å²) in [5.74, 6) is 0. The van der Waals surface area contributed by atoms with Gasteiger partial charge in [-0.15, -0.1) is 0 Å². The fourth-order valence-electron chi connectivity index (χ4n) is 2.88. The Morgan fingerprint density at radius 2 is 1.80 bits per heavy atom. The van der Waals surface area contributed by atoms with Gasteiger partial charge in [0.25, 0.3) is 0 Å². The lowest BCUT2D eigenvalue weighted by Crippen LogP contribution is -2.29. The topological polar surface area (TPSA) is 15.3 Å². The van der Waals surface area contributed by atoms with Gasteiger partial charge in [0.15, 0.2) is 0 Å². The summed E-state index contributed by atoms with van der Waals surface area (Å²) < 4.78 is 0. The van der Waals surface area contributed by atoms with Crippen molar-refractivity contribution >= 4 is 5.69 Å². The average molecular weight is 274 g/mol. The van der Waals surface area contributed by atoms with E-state index >= 15 is 0 Å². The Kier molecular flexibility index (Phi) is 6.38. The molecule has 20 heavy (non-hydrogen) atoms. The molecule has 1 aromatic carbocycles. The van der Waals surface area contributed by atoms with Crippen LogP contribution in [0.25, 0.3) is 0 Å². The van der Waals surface area contributed by atoms with Crippen molar-refractivity contribution in [3.05, 3.63) is 29.8 Å². The van der Waals surface area contributed by atoms with E-state index in [1.165, 1.54) is 62.9 Å². The molecule has 1 heterocycles. The van der Waals surface area contributed by atoms with Crippen molar-refractivity contribution in [3.63, 3.8) is 0 Å². The lowest BCUT2D eigenvalue weighted by atomic mass is 10.1. The van der Waals surface area contributed by atoms with Crippen molar-refractivity contribution in [2.45, 2.75) is 65.0 Å². The number of nitrogens with zero attached hydrogens (tertiary/aromatic N) is 1. The molecule has 1 aliphatic heterocycles. The van der Waals surface area contributed by atoms with Crippen LogP contribution in [0.1, 0.15) is 57.9 Å². The van der Waals surface area contributed by atoms with E-state index in [1.807, 2.05) is 0 Å². The quantitative estimate of drug-likeness (QED) is 0.795. The van der Waals surface area contributed by atoms with Gasteiger partial charge in [0.1, 0.15) is 0 Å². The first-order chi connectivity index (χ1) is 9.79. The summed E-state index contributed by atoms with van der Waals surface area (Å²) >= 11 is 0. The summed E-state index contributed by atoms with van der Waals surface area (Å²) in [7, 11) is 0. The monoisotopic (exact) mass is 274 g/mol. The van der Waals surface area contributed by atoms with Crippen LogP contribution in [-0.2, 0) is 6.54 Å². The highest BCUT2D eigenvalue weighted by atomic mass is 15.1. The molecule has 0 aromatic heterocycles. The van der Waals surface area contributed by atoms with Gasteiger partial charge >= 0.3 is 0 Å². The van der Waals surface area contributed by atoms with Gasteiger partial charge in [0.05, 0.1) is 0 Å². The Bertz CT molecular complexity index is 366. The molecule has 2 heteroatoms. The van der Waals surface area contributed by atoms with Gasteiger partial charge in [-0.2, -0.15) is 0 Å². The van der Waals surface area contributed by atoms with Crippen LogP contribution in [0.2, 0.25) is 0 Å². The van der Waals surface area contributed by atoms with E-state index in [4.69, 9.17) is 0 Å². The summed E-state index contributed by atoms with van der Waals surface area (Å²) in [6.45, 7) is 7.99. The normalized spacial score (nSPS) is 17.2. The summed E-state index contributed by atoms with van der Waals surface area (Å²) in [4.78, 5) is 2.52. The standard InChI is InChI=1S/C18H30N2/c1-3-4-8-16(2)19-15-17-9-11-18(12-10-17)20-13-6-5-7-14-20/h9-12,16,19H,3-8,13-15H2,1-2H3. The van der Waals surface area contributed by atoms with Gasteiger partial charge in [0.2, 0.25) is 0 Å². The minimum atomic E-state index is 0.622. The van der Waals surface area contributed by atoms with Crippen LogP contribution in [0.15, 0.2) is 24.3 Å². The maximum absolute atomic E-state index is 3.62. The summed E-state index contributed by atoms with van der Waals surface area (Å²) in [5, 5.41) is 3.62. The van der Waals surface area contributed by atoms with Crippen molar-refractivity contribution in [3.8, 4) is 0 Å². The summed E-state index contributed by atoms with van der Waals surface area (Å²) in [5.41, 5.74) is 2.79. The molecule has 2 nitrogen and oxygen atoms in total. The second-order valence-electron chi connectivity index (χ2n) is 6.14. The maximum atomic E-state index is 3.62. The Morgan fingerprint density at radius 3 is 2.45 bits per heavy atom. The lowest BCUT2D eigenvalue weighted by molar-refractivity contribution is 0.495. The van der Waals surface area contributed by atoms with Crippen molar-refractivity contribution in [1.29, 1.82) is 0 Å². The largest absolute Gasteiger partial charge is 0.372 e. The molecule has 2 rings (SSSR count). The van der Waals surface area contributed by atoms with Crippen LogP contribution < -0.4 is 10.2 Å². The van der Waals surface area contributed by atoms with Crippen LogP contribution in [0.4, 0.5) is 5.69 Å². The van der Waals surface area contributed by atoms with Gasteiger partial charge < -0.3 is 10.2 Å². The van der Waals surface area contributed by atoms with E-state index < -0.39 is 0 Å². The van der Waals surface area contributed by atoms with Crippen LogP contribution in [-0.4, -0.2) is 19.1 Å². The number of unbranched alkanes of at least 4 members (excludes halogenated alkanes) is 1. The number of benzene rings is 1. The molecule has 0 amide bonds. The Hall–Kier alpha value is -1.02. The molecule has 0 radical (unpaired) electrons. The number of hydrogen-bond acceptors (Lipinski definition) is 2. The highest BCUT2D eigenvalue weighted by molar-refractivity contribution is 5.47. The lowest BCUT2D eigenvalue weighted by Gasteiger charge is -2.29. The molecule has 1 fully saturated rings. The first-order valence-electron chi connectivity index (χ1n) is 8.37. The summed E-state index contributed by atoms with van der Waals surface area (Å²) in [6, 6.07) is 9.77. The van der Waals surface area contributed by atoms with E-state index in [0.717, 1.165) is 6.54 Å². The molecule has 0 saturated carbocycles. The second kappa shape index (κ2) is 8.31. The molecular formula is C18H30N2. The highest BCUT2D eigenvalue weighted by Gasteiger charge is 2.10. The van der Waals surface area contributed by atoms with Gasteiger partial charge in [-0.25, -0.2) is 0 Å². The Morgan fingerprint density at radius 1 is 1.10 bits per heavy atom. The van der Waals surface area contributed by atoms with E-state index in [2.05, 4.69) is 48.3 Å². The molecule has 1 aliphatic rings. The van der Waals surface area contributed by atoms with E-state index in [1.54, 1.807) is 0 Å². The Labute approximate surface area is 124 Å². The van der Waals surface area contributed by atoms with Crippen molar-refractivity contribution in [2.75, 3.05) is 18.0 Å². The third kappa shape index (κ3) is 4.82. The molecular weight excluding hydrogens is 244 g/mol. The number of piperidine rings is 1. The van der Waals surface area contributed by atoms with Gasteiger partial charge in [-0.05, 0) is 50.3 Å². The minimum absolute atomic E-state index is 0.622. The first kappa shape index (κ1) is 15.4. The van der Waals surface area contributed by atoms with Crippen molar-refractivity contribution in [2.24, 2.45) is 0 Å². The predicted octanol–water partition coefficient (Wildman–Crippen LogP) is 4.35. The number of rotatable bonds is 7. The molecule has 1 atom stereocenters. The highest BCUT2D eigenvalue weighted by Crippen LogP contribution is 2.20. The molecule has 0 bridgehead atoms. The number of hydrogen-bond donors (Lipinski definition) is 1. The van der Waals surface area contributed by atoms with Crippen molar-refractivity contribution in [1.82, 2.24) is 5.32 Å². The second-order valence-corrected chi connectivity index (χ2v) is 6.14. The molecule has 1 N–H and O–H groups in total. The molecule has 1 saturated heterocycles. The molecule has 0 aliphatic carbocycles. The molecule has 112 valence electrons. The van der Waals surface area contributed by atoms with Crippen molar-refractivity contribution < 1.29 is 0 Å². The van der Waals surface area contributed by atoms with E-state index in [-0.39, 0.29) is 0 Å². The smallest absolute Gasteiger partial charge is 0.0366 e. The maximum Gasteiger partial charge on any atom is 0.0366 e. The fraction of sp³-hybridized carbons (Fsp3) is 0.667. The van der Waals surface area contributed by atoms with Crippen LogP contribution >= 0.6 is 0 Å². The van der Waals surface area contributed by atoms with Gasteiger partial charge in [-0.1, -0.05) is 31.9 Å². The molecule has 0 spiro atoms. The van der Waals surface area contributed by atoms with Crippen LogP contribution in [0.3, 0.4) is 0 Å². The first-order valence-corrected chi connectivity index (χ1v) is 8.37.